The summed E-state index contributed by atoms with van der Waals surface area (Å²) in [6.07, 6.45) is 6.77. The zero-order valence-corrected chi connectivity index (χ0v) is 21.1. The fraction of sp³-hybridized carbons (Fsp3) is 0.542. The van der Waals surface area contributed by atoms with Crippen molar-refractivity contribution in [1.82, 2.24) is 15.5 Å². The predicted molar refractivity (Wildman–Crippen MR) is 135 cm³/mol. The fourth-order valence-corrected chi connectivity index (χ4v) is 4.22. The molecule has 2 aliphatic rings. The third-order valence-corrected chi connectivity index (χ3v) is 6.04. The van der Waals surface area contributed by atoms with Gasteiger partial charge < -0.3 is 19.8 Å². The van der Waals surface area contributed by atoms with Crippen LogP contribution in [-0.2, 0) is 17.7 Å². The van der Waals surface area contributed by atoms with Crippen LogP contribution in [0.1, 0.15) is 37.0 Å². The molecule has 0 aliphatic carbocycles. The number of hydrogen-bond acceptors (Lipinski definition) is 4. The number of likely N-dealkylation sites (tertiary alicyclic amines) is 1. The number of nitrogens with one attached hydrogen (secondary N) is 2. The van der Waals surface area contributed by atoms with Crippen LogP contribution in [0.2, 0.25) is 0 Å². The molecule has 0 amide bonds. The molecule has 2 aromatic rings. The Hall–Kier alpha value is -1.72. The standard InChI is InChI=1S/C24H32F2N4O2.HI/c25-22-6-5-18(15-23(22)26)17-30-11-8-19(9-12-30)29-24(28-16-21-4-2-14-32-21)27-10-7-20-3-1-13-31-20;/h1,3,5-6,13,15,19,21H,2,4,7-12,14,16-17H2,(H2,27,28,29);1H. The van der Waals surface area contributed by atoms with Gasteiger partial charge in [0, 0.05) is 45.2 Å². The molecular formula is C24H33F2IN4O2. The maximum atomic E-state index is 13.5. The summed E-state index contributed by atoms with van der Waals surface area (Å²) in [6, 6.07) is 8.33. The number of ether oxygens (including phenoxy) is 1. The van der Waals surface area contributed by atoms with Gasteiger partial charge in [-0.1, -0.05) is 6.07 Å². The minimum atomic E-state index is -0.800. The molecule has 1 unspecified atom stereocenters. The van der Waals surface area contributed by atoms with Crippen molar-refractivity contribution in [2.45, 2.75) is 50.8 Å². The summed E-state index contributed by atoms with van der Waals surface area (Å²) in [6.45, 7) is 4.63. The summed E-state index contributed by atoms with van der Waals surface area (Å²) in [4.78, 5) is 7.05. The molecule has 3 heterocycles. The van der Waals surface area contributed by atoms with Gasteiger partial charge in [-0.25, -0.2) is 8.78 Å². The molecule has 1 atom stereocenters. The van der Waals surface area contributed by atoms with E-state index in [1.807, 2.05) is 12.1 Å². The van der Waals surface area contributed by atoms with Gasteiger partial charge >= 0.3 is 0 Å². The number of rotatable bonds is 8. The molecule has 2 N–H and O–H groups in total. The van der Waals surface area contributed by atoms with E-state index in [0.29, 0.717) is 19.1 Å². The van der Waals surface area contributed by atoms with Gasteiger partial charge in [0.15, 0.2) is 17.6 Å². The van der Waals surface area contributed by atoms with Crippen molar-refractivity contribution in [2.24, 2.45) is 4.99 Å². The predicted octanol–water partition coefficient (Wildman–Crippen LogP) is 4.10. The second kappa shape index (κ2) is 13.2. The zero-order chi connectivity index (χ0) is 22.2. The first-order valence-electron chi connectivity index (χ1n) is 11.5. The minimum absolute atomic E-state index is 0. The van der Waals surface area contributed by atoms with Crippen molar-refractivity contribution in [3.8, 4) is 0 Å². The van der Waals surface area contributed by atoms with E-state index in [1.54, 1.807) is 12.3 Å². The van der Waals surface area contributed by atoms with E-state index < -0.39 is 11.6 Å². The number of aliphatic imine (C=N–C) groups is 1. The van der Waals surface area contributed by atoms with Crippen molar-refractivity contribution < 1.29 is 17.9 Å². The lowest BCUT2D eigenvalue weighted by Crippen LogP contribution is -2.49. The summed E-state index contributed by atoms with van der Waals surface area (Å²) < 4.78 is 37.7. The Morgan fingerprint density at radius 3 is 2.67 bits per heavy atom. The van der Waals surface area contributed by atoms with E-state index in [1.165, 1.54) is 12.1 Å². The van der Waals surface area contributed by atoms with Crippen LogP contribution in [0.3, 0.4) is 0 Å². The van der Waals surface area contributed by atoms with Crippen molar-refractivity contribution in [3.05, 3.63) is 59.6 Å². The number of guanidine groups is 1. The van der Waals surface area contributed by atoms with Gasteiger partial charge in [0.2, 0.25) is 0 Å². The first-order valence-corrected chi connectivity index (χ1v) is 11.5. The monoisotopic (exact) mass is 574 g/mol. The molecule has 4 rings (SSSR count). The summed E-state index contributed by atoms with van der Waals surface area (Å²) in [5.41, 5.74) is 0.800. The Bertz CT molecular complexity index is 867. The van der Waals surface area contributed by atoms with Gasteiger partial charge in [-0.05, 0) is 55.5 Å². The summed E-state index contributed by atoms with van der Waals surface area (Å²) >= 11 is 0. The molecule has 0 radical (unpaired) electrons. The molecule has 182 valence electrons. The lowest BCUT2D eigenvalue weighted by molar-refractivity contribution is 0.117. The number of benzene rings is 1. The average molecular weight is 574 g/mol. The van der Waals surface area contributed by atoms with Crippen molar-refractivity contribution in [2.75, 3.05) is 32.8 Å². The van der Waals surface area contributed by atoms with Crippen molar-refractivity contribution in [1.29, 1.82) is 0 Å². The van der Waals surface area contributed by atoms with E-state index in [-0.39, 0.29) is 30.1 Å². The van der Waals surface area contributed by atoms with Crippen LogP contribution < -0.4 is 10.6 Å². The summed E-state index contributed by atoms with van der Waals surface area (Å²) in [7, 11) is 0. The lowest BCUT2D eigenvalue weighted by Gasteiger charge is -2.33. The molecule has 2 fully saturated rings. The van der Waals surface area contributed by atoms with Crippen LogP contribution in [-0.4, -0.2) is 55.8 Å². The van der Waals surface area contributed by atoms with Crippen LogP contribution in [0, 0.1) is 11.6 Å². The highest BCUT2D eigenvalue weighted by atomic mass is 127. The Balaban J connectivity index is 0.00000306. The maximum Gasteiger partial charge on any atom is 0.191 e. The van der Waals surface area contributed by atoms with E-state index in [9.17, 15) is 8.78 Å². The molecular weight excluding hydrogens is 541 g/mol. The number of piperidine rings is 1. The SMILES string of the molecule is Fc1ccc(CN2CCC(NC(=NCC3CCCO3)NCCc3ccco3)CC2)cc1F.I. The van der Waals surface area contributed by atoms with E-state index in [4.69, 9.17) is 14.1 Å². The Morgan fingerprint density at radius 1 is 1.12 bits per heavy atom. The van der Waals surface area contributed by atoms with Crippen molar-refractivity contribution in [3.63, 3.8) is 0 Å². The fourth-order valence-electron chi connectivity index (χ4n) is 4.22. The van der Waals surface area contributed by atoms with Gasteiger partial charge in [0.05, 0.1) is 18.9 Å². The van der Waals surface area contributed by atoms with E-state index in [0.717, 1.165) is 75.6 Å². The Morgan fingerprint density at radius 2 is 1.97 bits per heavy atom. The second-order valence-corrected chi connectivity index (χ2v) is 8.52. The Labute approximate surface area is 211 Å². The molecule has 2 saturated heterocycles. The first-order chi connectivity index (χ1) is 15.7. The second-order valence-electron chi connectivity index (χ2n) is 8.52. The molecule has 1 aromatic carbocycles. The highest BCUT2D eigenvalue weighted by Crippen LogP contribution is 2.16. The van der Waals surface area contributed by atoms with E-state index >= 15 is 0 Å². The highest BCUT2D eigenvalue weighted by Gasteiger charge is 2.21. The number of nitrogens with zero attached hydrogens (tertiary/aromatic N) is 2. The van der Waals surface area contributed by atoms with Gasteiger partial charge in [-0.15, -0.1) is 24.0 Å². The maximum absolute atomic E-state index is 13.5. The zero-order valence-electron chi connectivity index (χ0n) is 18.8. The normalized spacial score (nSPS) is 19.9. The van der Waals surface area contributed by atoms with Gasteiger partial charge in [0.1, 0.15) is 5.76 Å². The van der Waals surface area contributed by atoms with Gasteiger partial charge in [-0.2, -0.15) is 0 Å². The summed E-state index contributed by atoms with van der Waals surface area (Å²) in [5.74, 6) is 0.172. The lowest BCUT2D eigenvalue weighted by atomic mass is 10.0. The third-order valence-electron chi connectivity index (χ3n) is 6.04. The molecule has 9 heteroatoms. The quantitative estimate of drug-likeness (QED) is 0.283. The molecule has 33 heavy (non-hydrogen) atoms. The van der Waals surface area contributed by atoms with Crippen LogP contribution in [0.4, 0.5) is 8.78 Å². The molecule has 0 saturated carbocycles. The molecule has 0 bridgehead atoms. The van der Waals surface area contributed by atoms with Crippen molar-refractivity contribution >= 4 is 29.9 Å². The topological polar surface area (TPSA) is 62.0 Å². The number of furan rings is 1. The molecule has 0 spiro atoms. The van der Waals surface area contributed by atoms with Crippen LogP contribution in [0.25, 0.3) is 0 Å². The average Bonchev–Trinajstić information content (AvgIpc) is 3.50. The van der Waals surface area contributed by atoms with Crippen LogP contribution in [0.15, 0.2) is 46.0 Å². The summed E-state index contributed by atoms with van der Waals surface area (Å²) in [5, 5.41) is 7.00. The largest absolute Gasteiger partial charge is 0.469 e. The number of hydrogen-bond donors (Lipinski definition) is 2. The van der Waals surface area contributed by atoms with Crippen LogP contribution in [0.5, 0.6) is 0 Å². The minimum Gasteiger partial charge on any atom is -0.469 e. The third kappa shape index (κ3) is 8.22. The highest BCUT2D eigenvalue weighted by molar-refractivity contribution is 14.0. The first kappa shape index (κ1) is 25.9. The molecule has 1 aromatic heterocycles. The molecule has 2 aliphatic heterocycles. The van der Waals surface area contributed by atoms with E-state index in [2.05, 4.69) is 15.5 Å². The Kier molecular flexibility index (Phi) is 10.4. The van der Waals surface area contributed by atoms with Gasteiger partial charge in [0.25, 0.3) is 0 Å². The van der Waals surface area contributed by atoms with Crippen LogP contribution >= 0.6 is 24.0 Å². The smallest absolute Gasteiger partial charge is 0.191 e. The van der Waals surface area contributed by atoms with Gasteiger partial charge in [-0.3, -0.25) is 9.89 Å². The number of halogens is 3. The molecule has 6 nitrogen and oxygen atoms in total.